The van der Waals surface area contributed by atoms with Gasteiger partial charge in [-0.3, -0.25) is 5.84 Å². The Morgan fingerprint density at radius 3 is 2.71 bits per heavy atom. The number of thioether (sulfide) groups is 1. The first-order chi connectivity index (χ1) is 8.27. The van der Waals surface area contributed by atoms with Crippen molar-refractivity contribution in [1.82, 2.24) is 5.43 Å². The molecule has 3 N–H and O–H groups in total. The lowest BCUT2D eigenvalue weighted by molar-refractivity contribution is 0.637. The first-order valence-corrected chi connectivity index (χ1v) is 7.58. The summed E-state index contributed by atoms with van der Waals surface area (Å²) in [7, 11) is 0. The molecule has 0 aliphatic rings. The number of nitrogens with one attached hydrogen (secondary N) is 1. The summed E-state index contributed by atoms with van der Waals surface area (Å²) in [5, 5.41) is 2.73. The van der Waals surface area contributed by atoms with E-state index in [0.29, 0.717) is 0 Å². The van der Waals surface area contributed by atoms with E-state index in [0.717, 1.165) is 15.5 Å². The van der Waals surface area contributed by atoms with Crippen molar-refractivity contribution in [2.24, 2.45) is 5.84 Å². The van der Waals surface area contributed by atoms with E-state index in [9.17, 15) is 0 Å². The third kappa shape index (κ3) is 2.67. The Kier molecular flexibility index (Phi) is 4.48. The topological polar surface area (TPSA) is 38.0 Å². The van der Waals surface area contributed by atoms with Crippen LogP contribution in [0.4, 0.5) is 0 Å². The van der Waals surface area contributed by atoms with Gasteiger partial charge < -0.3 is 0 Å². The quantitative estimate of drug-likeness (QED) is 0.511. The molecule has 0 saturated carbocycles. The van der Waals surface area contributed by atoms with Crippen LogP contribution in [-0.2, 0) is 0 Å². The van der Waals surface area contributed by atoms with E-state index < -0.39 is 0 Å². The van der Waals surface area contributed by atoms with Gasteiger partial charge in [-0.1, -0.05) is 29.8 Å². The first kappa shape index (κ1) is 12.9. The fraction of sp³-hybridized carbons (Fsp3) is 0.167. The summed E-state index contributed by atoms with van der Waals surface area (Å²) >= 11 is 9.49. The fourth-order valence-corrected chi connectivity index (χ4v) is 3.60. The molecule has 1 aromatic carbocycles. The molecule has 0 amide bonds. The molecule has 0 radical (unpaired) electrons. The molecule has 1 unspecified atom stereocenters. The molecule has 90 valence electrons. The van der Waals surface area contributed by atoms with E-state index in [1.165, 1.54) is 4.90 Å². The van der Waals surface area contributed by atoms with Crippen molar-refractivity contribution in [1.29, 1.82) is 0 Å². The number of rotatable bonds is 4. The van der Waals surface area contributed by atoms with Gasteiger partial charge in [-0.25, -0.2) is 5.43 Å². The van der Waals surface area contributed by atoms with Crippen LogP contribution in [0.1, 0.15) is 16.5 Å². The van der Waals surface area contributed by atoms with Gasteiger partial charge >= 0.3 is 0 Å². The SMILES string of the molecule is CSc1ccccc1C(NN)c1sccc1Cl. The summed E-state index contributed by atoms with van der Waals surface area (Å²) in [5.41, 5.74) is 4.01. The van der Waals surface area contributed by atoms with Crippen LogP contribution in [-0.4, -0.2) is 6.26 Å². The molecular weight excluding hydrogens is 272 g/mol. The van der Waals surface area contributed by atoms with E-state index in [-0.39, 0.29) is 6.04 Å². The van der Waals surface area contributed by atoms with Crippen molar-refractivity contribution >= 4 is 34.7 Å². The van der Waals surface area contributed by atoms with Crippen LogP contribution in [0.3, 0.4) is 0 Å². The Hall–Kier alpha value is -0.520. The number of thiophene rings is 1. The minimum Gasteiger partial charge on any atom is -0.271 e. The van der Waals surface area contributed by atoms with E-state index in [2.05, 4.69) is 23.8 Å². The lowest BCUT2D eigenvalue weighted by Gasteiger charge is -2.18. The second-order valence-electron chi connectivity index (χ2n) is 3.47. The van der Waals surface area contributed by atoms with Crippen molar-refractivity contribution in [3.05, 3.63) is 51.2 Å². The molecule has 1 aromatic heterocycles. The molecule has 0 aliphatic carbocycles. The Morgan fingerprint density at radius 1 is 1.35 bits per heavy atom. The van der Waals surface area contributed by atoms with Crippen LogP contribution in [0.25, 0.3) is 0 Å². The smallest absolute Gasteiger partial charge is 0.0828 e. The molecule has 2 nitrogen and oxygen atoms in total. The molecule has 0 aliphatic heterocycles. The molecule has 5 heteroatoms. The largest absolute Gasteiger partial charge is 0.271 e. The molecule has 17 heavy (non-hydrogen) atoms. The number of hydrogen-bond donors (Lipinski definition) is 2. The zero-order valence-corrected chi connectivity index (χ0v) is 11.7. The molecule has 0 bridgehead atoms. The summed E-state index contributed by atoms with van der Waals surface area (Å²) in [6, 6.07) is 10.1. The van der Waals surface area contributed by atoms with Crippen molar-refractivity contribution in [2.45, 2.75) is 10.9 Å². The minimum atomic E-state index is -0.0499. The van der Waals surface area contributed by atoms with Crippen LogP contribution in [0.15, 0.2) is 40.6 Å². The average molecular weight is 285 g/mol. The zero-order chi connectivity index (χ0) is 12.3. The second kappa shape index (κ2) is 5.89. The van der Waals surface area contributed by atoms with Crippen LogP contribution in [0.2, 0.25) is 5.02 Å². The maximum Gasteiger partial charge on any atom is 0.0828 e. The molecule has 2 rings (SSSR count). The molecule has 0 fully saturated rings. The maximum absolute atomic E-state index is 6.17. The van der Waals surface area contributed by atoms with Gasteiger partial charge in [0.15, 0.2) is 0 Å². The fourth-order valence-electron chi connectivity index (χ4n) is 1.72. The summed E-state index contributed by atoms with van der Waals surface area (Å²) in [4.78, 5) is 2.26. The van der Waals surface area contributed by atoms with E-state index in [4.69, 9.17) is 17.4 Å². The number of hydrazine groups is 1. The molecule has 2 aromatic rings. The van der Waals surface area contributed by atoms with Crippen molar-refractivity contribution in [3.8, 4) is 0 Å². The zero-order valence-electron chi connectivity index (χ0n) is 9.31. The van der Waals surface area contributed by atoms with E-state index >= 15 is 0 Å². The monoisotopic (exact) mass is 284 g/mol. The Morgan fingerprint density at radius 2 is 2.12 bits per heavy atom. The van der Waals surface area contributed by atoms with E-state index in [1.54, 1.807) is 23.1 Å². The predicted molar refractivity (Wildman–Crippen MR) is 76.7 cm³/mol. The van der Waals surface area contributed by atoms with Gasteiger partial charge in [0.25, 0.3) is 0 Å². The summed E-state index contributed by atoms with van der Waals surface area (Å²) in [5.74, 6) is 5.68. The van der Waals surface area contributed by atoms with Gasteiger partial charge in [0.1, 0.15) is 0 Å². The average Bonchev–Trinajstić information content (AvgIpc) is 2.78. The molecular formula is C12H13ClN2S2. The number of hydrogen-bond acceptors (Lipinski definition) is 4. The van der Waals surface area contributed by atoms with Gasteiger partial charge in [0.2, 0.25) is 0 Å². The molecule has 1 atom stereocenters. The lowest BCUT2D eigenvalue weighted by Crippen LogP contribution is -2.28. The van der Waals surface area contributed by atoms with Crippen LogP contribution < -0.4 is 11.3 Å². The standard InChI is InChI=1S/C12H13ClN2S2/c1-16-10-5-3-2-4-8(10)11(15-14)12-9(13)6-7-17-12/h2-7,11,15H,14H2,1H3. The lowest BCUT2D eigenvalue weighted by atomic mass is 10.1. The highest BCUT2D eigenvalue weighted by atomic mass is 35.5. The third-order valence-electron chi connectivity index (χ3n) is 2.52. The van der Waals surface area contributed by atoms with Crippen molar-refractivity contribution in [3.63, 3.8) is 0 Å². The number of halogens is 1. The summed E-state index contributed by atoms with van der Waals surface area (Å²) < 4.78 is 0. The van der Waals surface area contributed by atoms with E-state index in [1.807, 2.05) is 23.6 Å². The van der Waals surface area contributed by atoms with Gasteiger partial charge in [0, 0.05) is 9.77 Å². The van der Waals surface area contributed by atoms with Crippen LogP contribution in [0.5, 0.6) is 0 Å². The van der Waals surface area contributed by atoms with Crippen molar-refractivity contribution in [2.75, 3.05) is 6.26 Å². The highest BCUT2D eigenvalue weighted by Crippen LogP contribution is 2.35. The van der Waals surface area contributed by atoms with Crippen LogP contribution in [0, 0.1) is 0 Å². The number of nitrogens with two attached hydrogens (primary N) is 1. The Balaban J connectivity index is 2.46. The highest BCUT2D eigenvalue weighted by molar-refractivity contribution is 7.98. The third-order valence-corrected chi connectivity index (χ3v) is 4.76. The summed E-state index contributed by atoms with van der Waals surface area (Å²) in [6.07, 6.45) is 2.06. The Bertz CT molecular complexity index is 499. The van der Waals surface area contributed by atoms with Crippen molar-refractivity contribution < 1.29 is 0 Å². The predicted octanol–water partition coefficient (Wildman–Crippen LogP) is 3.68. The first-order valence-electron chi connectivity index (χ1n) is 5.10. The number of benzene rings is 1. The van der Waals surface area contributed by atoms with Gasteiger partial charge in [-0.15, -0.1) is 23.1 Å². The minimum absolute atomic E-state index is 0.0499. The van der Waals surface area contributed by atoms with Gasteiger partial charge in [-0.05, 0) is 29.3 Å². The Labute approximate surface area is 114 Å². The molecule has 1 heterocycles. The maximum atomic E-state index is 6.17. The highest BCUT2D eigenvalue weighted by Gasteiger charge is 2.19. The van der Waals surface area contributed by atoms with Crippen LogP contribution >= 0.6 is 34.7 Å². The molecule has 0 spiro atoms. The van der Waals surface area contributed by atoms with Gasteiger partial charge in [-0.2, -0.15) is 0 Å². The van der Waals surface area contributed by atoms with Gasteiger partial charge in [0.05, 0.1) is 11.1 Å². The molecule has 0 saturated heterocycles. The normalized spacial score (nSPS) is 12.6. The summed E-state index contributed by atoms with van der Waals surface area (Å²) in [6.45, 7) is 0. The second-order valence-corrected chi connectivity index (χ2v) is 5.68.